The Morgan fingerprint density at radius 3 is 2.58 bits per heavy atom. The Bertz CT molecular complexity index is 539. The van der Waals surface area contributed by atoms with Crippen LogP contribution in [0.15, 0.2) is 24.3 Å². The van der Waals surface area contributed by atoms with Crippen molar-refractivity contribution in [1.29, 1.82) is 0 Å². The monoisotopic (exact) mass is 335 g/mol. The summed E-state index contributed by atoms with van der Waals surface area (Å²) in [5.74, 6) is 0. The van der Waals surface area contributed by atoms with Gasteiger partial charge in [-0.3, -0.25) is 15.0 Å². The highest BCUT2D eigenvalue weighted by atomic mass is 16.6. The van der Waals surface area contributed by atoms with E-state index >= 15 is 0 Å². The lowest BCUT2D eigenvalue weighted by Gasteiger charge is -2.32. The Labute approximate surface area is 142 Å². The molecule has 1 amide bonds. The summed E-state index contributed by atoms with van der Waals surface area (Å²) in [6.07, 6.45) is 3.35. The van der Waals surface area contributed by atoms with E-state index in [1.54, 1.807) is 12.1 Å². The van der Waals surface area contributed by atoms with Crippen molar-refractivity contribution in [2.75, 3.05) is 19.7 Å². The minimum absolute atomic E-state index is 0.114. The van der Waals surface area contributed by atoms with Crippen LogP contribution in [-0.4, -0.2) is 41.7 Å². The molecular weight excluding hydrogens is 310 g/mol. The number of unbranched alkanes of at least 4 members (excludes halogenated alkanes) is 1. The first-order chi connectivity index (χ1) is 11.6. The summed E-state index contributed by atoms with van der Waals surface area (Å²) in [4.78, 5) is 24.2. The first kappa shape index (κ1) is 18.2. The molecule has 0 atom stereocenters. The fourth-order valence-corrected chi connectivity index (χ4v) is 2.73. The number of nitrogens with zero attached hydrogens (tertiary/aromatic N) is 2. The number of likely N-dealkylation sites (tertiary alicyclic amines) is 1. The third-order valence-electron chi connectivity index (χ3n) is 4.19. The zero-order chi connectivity index (χ0) is 17.4. The van der Waals surface area contributed by atoms with Crippen LogP contribution in [0.25, 0.3) is 0 Å². The quantitative estimate of drug-likeness (QED) is 0.470. The van der Waals surface area contributed by atoms with E-state index in [1.165, 1.54) is 12.1 Å². The lowest BCUT2D eigenvalue weighted by molar-refractivity contribution is -0.384. The van der Waals surface area contributed by atoms with Crippen molar-refractivity contribution in [2.45, 2.75) is 45.2 Å². The number of rotatable bonds is 7. The molecule has 7 heteroatoms. The van der Waals surface area contributed by atoms with Crippen LogP contribution in [0.2, 0.25) is 0 Å². The van der Waals surface area contributed by atoms with Gasteiger partial charge in [-0.2, -0.15) is 0 Å². The molecule has 0 aliphatic carbocycles. The Hall–Kier alpha value is -2.15. The van der Waals surface area contributed by atoms with Crippen LogP contribution in [0.4, 0.5) is 10.5 Å². The Balaban J connectivity index is 1.70. The smallest absolute Gasteiger partial charge is 0.407 e. The van der Waals surface area contributed by atoms with Crippen LogP contribution in [-0.2, 0) is 11.3 Å². The highest BCUT2D eigenvalue weighted by Gasteiger charge is 2.21. The highest BCUT2D eigenvalue weighted by molar-refractivity contribution is 5.67. The van der Waals surface area contributed by atoms with Gasteiger partial charge in [0.2, 0.25) is 0 Å². The van der Waals surface area contributed by atoms with E-state index in [4.69, 9.17) is 4.74 Å². The standard InChI is InChI=1S/C17H25N3O4/c1-2-3-12-24-17(21)18-15-8-10-19(11-9-15)13-14-4-6-16(7-5-14)20(22)23/h4-7,15H,2-3,8-13H2,1H3,(H,18,21). The molecule has 0 bridgehead atoms. The lowest BCUT2D eigenvalue weighted by Crippen LogP contribution is -2.44. The molecule has 0 spiro atoms. The van der Waals surface area contributed by atoms with Crippen LogP contribution in [0.1, 0.15) is 38.2 Å². The predicted octanol–water partition coefficient (Wildman–Crippen LogP) is 3.09. The van der Waals surface area contributed by atoms with Gasteiger partial charge in [0.15, 0.2) is 0 Å². The van der Waals surface area contributed by atoms with E-state index in [0.717, 1.165) is 50.9 Å². The fraction of sp³-hybridized carbons (Fsp3) is 0.588. The van der Waals surface area contributed by atoms with Crippen LogP contribution in [0, 0.1) is 10.1 Å². The second-order valence-electron chi connectivity index (χ2n) is 6.11. The van der Waals surface area contributed by atoms with Gasteiger partial charge < -0.3 is 10.1 Å². The Morgan fingerprint density at radius 2 is 2.00 bits per heavy atom. The van der Waals surface area contributed by atoms with Crippen molar-refractivity contribution in [2.24, 2.45) is 0 Å². The maximum Gasteiger partial charge on any atom is 0.407 e. The maximum absolute atomic E-state index is 11.6. The van der Waals surface area contributed by atoms with Crippen LogP contribution in [0.5, 0.6) is 0 Å². The Kier molecular flexibility index (Phi) is 6.99. The first-order valence-corrected chi connectivity index (χ1v) is 8.47. The number of hydrogen-bond acceptors (Lipinski definition) is 5. The van der Waals surface area contributed by atoms with E-state index in [-0.39, 0.29) is 22.7 Å². The van der Waals surface area contributed by atoms with E-state index in [1.807, 2.05) is 0 Å². The molecule has 7 nitrogen and oxygen atoms in total. The van der Waals surface area contributed by atoms with Crippen molar-refractivity contribution in [1.82, 2.24) is 10.2 Å². The summed E-state index contributed by atoms with van der Waals surface area (Å²) >= 11 is 0. The molecule has 1 heterocycles. The van der Waals surface area contributed by atoms with Gasteiger partial charge >= 0.3 is 6.09 Å². The number of nitro benzene ring substituents is 1. The number of nitro groups is 1. The number of piperidine rings is 1. The van der Waals surface area contributed by atoms with Crippen LogP contribution in [0.3, 0.4) is 0 Å². The number of nitrogens with one attached hydrogen (secondary N) is 1. The zero-order valence-corrected chi connectivity index (χ0v) is 14.1. The summed E-state index contributed by atoms with van der Waals surface area (Å²) in [5.41, 5.74) is 1.18. The third kappa shape index (κ3) is 5.81. The molecule has 0 radical (unpaired) electrons. The molecule has 1 aromatic rings. The summed E-state index contributed by atoms with van der Waals surface area (Å²) in [5, 5.41) is 13.6. The second kappa shape index (κ2) is 9.22. The molecule has 1 fully saturated rings. The second-order valence-corrected chi connectivity index (χ2v) is 6.11. The third-order valence-corrected chi connectivity index (χ3v) is 4.19. The molecular formula is C17H25N3O4. The summed E-state index contributed by atoms with van der Waals surface area (Å²) in [6, 6.07) is 6.83. The molecule has 0 saturated carbocycles. The number of alkyl carbamates (subject to hydrolysis) is 1. The van der Waals surface area contributed by atoms with E-state index in [9.17, 15) is 14.9 Å². The van der Waals surface area contributed by atoms with Gasteiger partial charge in [0.1, 0.15) is 0 Å². The largest absolute Gasteiger partial charge is 0.450 e. The molecule has 1 aliphatic rings. The van der Waals surface area contributed by atoms with Gasteiger partial charge in [-0.25, -0.2) is 4.79 Å². The minimum atomic E-state index is -0.388. The summed E-state index contributed by atoms with van der Waals surface area (Å²) < 4.78 is 5.12. The number of non-ortho nitro benzene ring substituents is 1. The molecule has 2 rings (SSSR count). The van der Waals surface area contributed by atoms with Crippen LogP contribution >= 0.6 is 0 Å². The summed E-state index contributed by atoms with van der Waals surface area (Å²) in [7, 11) is 0. The van der Waals surface area contributed by atoms with Crippen LogP contribution < -0.4 is 5.32 Å². The number of amides is 1. The lowest BCUT2D eigenvalue weighted by atomic mass is 10.0. The number of ether oxygens (including phenoxy) is 1. The topological polar surface area (TPSA) is 84.7 Å². The van der Waals surface area contributed by atoms with E-state index < -0.39 is 0 Å². The number of hydrogen-bond donors (Lipinski definition) is 1. The minimum Gasteiger partial charge on any atom is -0.450 e. The van der Waals surface area contributed by atoms with Crippen molar-refractivity contribution >= 4 is 11.8 Å². The van der Waals surface area contributed by atoms with E-state index in [0.29, 0.717) is 6.61 Å². The zero-order valence-electron chi connectivity index (χ0n) is 14.1. The van der Waals surface area contributed by atoms with Crippen molar-refractivity contribution in [3.05, 3.63) is 39.9 Å². The maximum atomic E-state index is 11.6. The van der Waals surface area contributed by atoms with Gasteiger partial charge in [0.25, 0.3) is 5.69 Å². The molecule has 0 aromatic heterocycles. The van der Waals surface area contributed by atoms with Gasteiger partial charge in [-0.1, -0.05) is 25.5 Å². The molecule has 1 aromatic carbocycles. The summed E-state index contributed by atoms with van der Waals surface area (Å²) in [6.45, 7) is 5.07. The highest BCUT2D eigenvalue weighted by Crippen LogP contribution is 2.17. The average molecular weight is 335 g/mol. The Morgan fingerprint density at radius 1 is 1.33 bits per heavy atom. The van der Waals surface area contributed by atoms with Gasteiger partial charge in [0.05, 0.1) is 11.5 Å². The number of carbonyl (C=O) groups is 1. The molecule has 1 N–H and O–H groups in total. The SMILES string of the molecule is CCCCOC(=O)NC1CCN(Cc2ccc([N+](=O)[O-])cc2)CC1. The average Bonchev–Trinajstić information content (AvgIpc) is 2.57. The van der Waals surface area contributed by atoms with Gasteiger partial charge in [-0.15, -0.1) is 0 Å². The molecule has 0 unspecified atom stereocenters. The van der Waals surface area contributed by atoms with Crippen molar-refractivity contribution in [3.8, 4) is 0 Å². The van der Waals surface area contributed by atoms with E-state index in [2.05, 4.69) is 17.1 Å². The fourth-order valence-electron chi connectivity index (χ4n) is 2.73. The normalized spacial score (nSPS) is 15.9. The van der Waals surface area contributed by atoms with Gasteiger partial charge in [0, 0.05) is 37.8 Å². The molecule has 1 aliphatic heterocycles. The molecule has 1 saturated heterocycles. The molecule has 132 valence electrons. The van der Waals surface area contributed by atoms with Crippen molar-refractivity contribution in [3.63, 3.8) is 0 Å². The number of carbonyl (C=O) groups excluding carboxylic acids is 1. The number of benzene rings is 1. The van der Waals surface area contributed by atoms with Gasteiger partial charge in [-0.05, 0) is 24.8 Å². The van der Waals surface area contributed by atoms with Crippen molar-refractivity contribution < 1.29 is 14.5 Å². The first-order valence-electron chi connectivity index (χ1n) is 8.47. The predicted molar refractivity (Wildman–Crippen MR) is 90.8 cm³/mol. The molecule has 24 heavy (non-hydrogen) atoms.